The van der Waals surface area contributed by atoms with Gasteiger partial charge in [0.15, 0.2) is 0 Å². The summed E-state index contributed by atoms with van der Waals surface area (Å²) < 4.78 is 20.7. The van der Waals surface area contributed by atoms with Gasteiger partial charge in [0.1, 0.15) is 23.6 Å². The van der Waals surface area contributed by atoms with Crippen molar-refractivity contribution in [3.05, 3.63) is 36.3 Å². The van der Waals surface area contributed by atoms with Gasteiger partial charge in [-0.3, -0.25) is 0 Å². The first-order valence-corrected chi connectivity index (χ1v) is 13.6. The van der Waals surface area contributed by atoms with E-state index in [1.807, 2.05) is 42.4 Å². The Morgan fingerprint density at radius 3 is 2.63 bits per heavy atom. The van der Waals surface area contributed by atoms with Crippen molar-refractivity contribution in [3.8, 4) is 0 Å². The van der Waals surface area contributed by atoms with Gasteiger partial charge in [0.25, 0.3) is 0 Å². The Morgan fingerprint density at radius 1 is 1.11 bits per heavy atom. The number of hydrogen-bond acceptors (Lipinski definition) is 9. The zero-order valence-electron chi connectivity index (χ0n) is 23.1. The summed E-state index contributed by atoms with van der Waals surface area (Å²) in [6, 6.07) is 4.38. The normalized spacial score (nSPS) is 21.8. The zero-order chi connectivity index (χ0) is 26.8. The molecule has 0 radical (unpaired) electrons. The van der Waals surface area contributed by atoms with Crippen LogP contribution < -0.4 is 15.1 Å². The molecule has 2 fully saturated rings. The SMILES string of the molecule is CC(C)c1cnc(N2CC[C@H]2C)c2cnc(Nc3ccnc(N4CC[C@H](OCCN(C)C)[C@H](F)C4)n3)cc12. The summed E-state index contributed by atoms with van der Waals surface area (Å²) in [7, 11) is 3.96. The van der Waals surface area contributed by atoms with Gasteiger partial charge >= 0.3 is 0 Å². The molecule has 0 spiro atoms. The van der Waals surface area contributed by atoms with E-state index >= 15 is 0 Å². The number of piperidine rings is 1. The zero-order valence-corrected chi connectivity index (χ0v) is 23.1. The topological polar surface area (TPSA) is 82.5 Å². The minimum Gasteiger partial charge on any atom is -0.374 e. The second-order valence-electron chi connectivity index (χ2n) is 11.0. The highest BCUT2D eigenvalue weighted by Crippen LogP contribution is 2.35. The lowest BCUT2D eigenvalue weighted by Crippen LogP contribution is -2.47. The first-order valence-electron chi connectivity index (χ1n) is 13.6. The van der Waals surface area contributed by atoms with Crippen LogP contribution in [-0.4, -0.2) is 90.0 Å². The molecular weight excluding hydrogens is 483 g/mol. The fourth-order valence-electron chi connectivity index (χ4n) is 5.07. The number of pyridine rings is 2. The number of halogens is 1. The fraction of sp³-hybridized carbons (Fsp3) is 0.571. The van der Waals surface area contributed by atoms with Crippen molar-refractivity contribution in [2.24, 2.45) is 0 Å². The van der Waals surface area contributed by atoms with Gasteiger partial charge in [0.05, 0.1) is 19.3 Å². The predicted octanol–water partition coefficient (Wildman–Crippen LogP) is 4.38. The van der Waals surface area contributed by atoms with Crippen LogP contribution in [0, 0.1) is 0 Å². The maximum atomic E-state index is 14.9. The largest absolute Gasteiger partial charge is 0.374 e. The van der Waals surface area contributed by atoms with E-state index in [1.54, 1.807) is 6.20 Å². The molecule has 0 unspecified atom stereocenters. The van der Waals surface area contributed by atoms with Gasteiger partial charge in [-0.1, -0.05) is 13.8 Å². The van der Waals surface area contributed by atoms with Crippen LogP contribution in [0.25, 0.3) is 10.8 Å². The Bertz CT molecular complexity index is 1250. The molecule has 0 aliphatic carbocycles. The molecule has 3 aromatic heterocycles. The summed E-state index contributed by atoms with van der Waals surface area (Å²) >= 11 is 0. The van der Waals surface area contributed by atoms with Gasteiger partial charge in [-0.05, 0) is 62.9 Å². The Labute approximate surface area is 224 Å². The van der Waals surface area contributed by atoms with Gasteiger partial charge in [-0.15, -0.1) is 0 Å². The van der Waals surface area contributed by atoms with E-state index in [-0.39, 0.29) is 12.6 Å². The van der Waals surface area contributed by atoms with Crippen LogP contribution >= 0.6 is 0 Å². The molecule has 9 nitrogen and oxygen atoms in total. The molecule has 0 saturated carbocycles. The third-order valence-electron chi connectivity index (χ3n) is 7.53. The summed E-state index contributed by atoms with van der Waals surface area (Å²) in [6.07, 6.45) is 5.93. The molecule has 2 saturated heterocycles. The van der Waals surface area contributed by atoms with Crippen molar-refractivity contribution in [3.63, 3.8) is 0 Å². The van der Waals surface area contributed by atoms with Crippen LogP contribution in [0.3, 0.4) is 0 Å². The second-order valence-corrected chi connectivity index (χ2v) is 11.0. The average Bonchev–Trinajstić information content (AvgIpc) is 2.88. The lowest BCUT2D eigenvalue weighted by Gasteiger charge is -2.40. The minimum absolute atomic E-state index is 0.215. The molecule has 3 atom stereocenters. The van der Waals surface area contributed by atoms with Crippen LogP contribution in [0.1, 0.15) is 45.1 Å². The molecule has 0 aromatic carbocycles. The van der Waals surface area contributed by atoms with Crippen molar-refractivity contribution >= 4 is 34.2 Å². The van der Waals surface area contributed by atoms with E-state index in [2.05, 4.69) is 47.0 Å². The van der Waals surface area contributed by atoms with Crippen molar-refractivity contribution in [1.82, 2.24) is 24.8 Å². The van der Waals surface area contributed by atoms with E-state index in [1.165, 1.54) is 12.0 Å². The molecule has 2 aliphatic heterocycles. The second kappa shape index (κ2) is 11.3. The van der Waals surface area contributed by atoms with E-state index in [4.69, 9.17) is 14.7 Å². The quantitative estimate of drug-likeness (QED) is 0.440. The average molecular weight is 523 g/mol. The summed E-state index contributed by atoms with van der Waals surface area (Å²) in [5, 5.41) is 5.56. The number of aromatic nitrogens is 4. The number of alkyl halides is 1. The molecule has 204 valence electrons. The van der Waals surface area contributed by atoms with Gasteiger partial charge in [0.2, 0.25) is 5.95 Å². The number of anilines is 4. The van der Waals surface area contributed by atoms with Crippen LogP contribution in [0.2, 0.25) is 0 Å². The van der Waals surface area contributed by atoms with Crippen molar-refractivity contribution in [2.45, 2.75) is 57.8 Å². The molecule has 5 heterocycles. The summed E-state index contributed by atoms with van der Waals surface area (Å²) in [6.45, 7) is 9.78. The third-order valence-corrected chi connectivity index (χ3v) is 7.53. The van der Waals surface area contributed by atoms with Gasteiger partial charge in [-0.2, -0.15) is 4.98 Å². The highest BCUT2D eigenvalue weighted by atomic mass is 19.1. The summed E-state index contributed by atoms with van der Waals surface area (Å²) in [5.74, 6) is 3.16. The molecule has 5 rings (SSSR count). The Morgan fingerprint density at radius 2 is 1.95 bits per heavy atom. The number of rotatable bonds is 9. The molecule has 2 aliphatic rings. The molecule has 1 N–H and O–H groups in total. The number of likely N-dealkylation sites (N-methyl/N-ethyl adjacent to an activating group) is 1. The fourth-order valence-corrected chi connectivity index (χ4v) is 5.07. The van der Waals surface area contributed by atoms with Crippen LogP contribution in [-0.2, 0) is 4.74 Å². The van der Waals surface area contributed by atoms with E-state index < -0.39 is 6.17 Å². The predicted molar refractivity (Wildman–Crippen MR) is 150 cm³/mol. The molecule has 3 aromatic rings. The standard InChI is InChI=1S/C28H39FN8O/c1-18(2)21-15-32-27(37-11-7-19(37)3)22-16-31-26(14-20(21)22)33-25-6-9-30-28(34-25)36-10-8-24(23(29)17-36)38-13-12-35(4)5/h6,9,14-16,18-19,23-24H,7-8,10-13,17H2,1-5H3,(H,30,31,33,34)/t19-,23-,24+/m1/s1. The van der Waals surface area contributed by atoms with Crippen LogP contribution in [0.5, 0.6) is 0 Å². The monoisotopic (exact) mass is 522 g/mol. The maximum absolute atomic E-state index is 14.9. The molecule has 0 amide bonds. The summed E-state index contributed by atoms with van der Waals surface area (Å²) in [4.78, 5) is 24.9. The Kier molecular flexibility index (Phi) is 7.90. The lowest BCUT2D eigenvalue weighted by molar-refractivity contribution is -0.0174. The molecule has 38 heavy (non-hydrogen) atoms. The number of hydrogen-bond donors (Lipinski definition) is 1. The summed E-state index contributed by atoms with van der Waals surface area (Å²) in [5.41, 5.74) is 1.19. The lowest BCUT2D eigenvalue weighted by atomic mass is 9.97. The van der Waals surface area contributed by atoms with Gasteiger partial charge in [0, 0.05) is 49.7 Å². The van der Waals surface area contributed by atoms with Crippen LogP contribution in [0.15, 0.2) is 30.7 Å². The first-order chi connectivity index (χ1) is 18.3. The molecular formula is C28H39FN8O. The molecule has 0 bridgehead atoms. The van der Waals surface area contributed by atoms with Crippen LogP contribution in [0.4, 0.5) is 27.8 Å². The smallest absolute Gasteiger partial charge is 0.227 e. The van der Waals surface area contributed by atoms with Gasteiger partial charge < -0.3 is 24.8 Å². The Hall–Kier alpha value is -3.11. The minimum atomic E-state index is -1.08. The number of nitrogens with one attached hydrogen (secondary N) is 1. The maximum Gasteiger partial charge on any atom is 0.227 e. The van der Waals surface area contributed by atoms with E-state index in [0.717, 1.165) is 29.7 Å². The van der Waals surface area contributed by atoms with Crippen molar-refractivity contribution < 1.29 is 9.13 Å². The number of nitrogens with zero attached hydrogens (tertiary/aromatic N) is 7. The van der Waals surface area contributed by atoms with Crippen molar-refractivity contribution in [2.75, 3.05) is 62.0 Å². The van der Waals surface area contributed by atoms with E-state index in [0.29, 0.717) is 49.1 Å². The molecule has 10 heteroatoms. The highest BCUT2D eigenvalue weighted by Gasteiger charge is 2.31. The number of fused-ring (bicyclic) bond motifs is 1. The highest BCUT2D eigenvalue weighted by molar-refractivity contribution is 5.96. The Balaban J connectivity index is 1.32. The van der Waals surface area contributed by atoms with Crippen molar-refractivity contribution in [1.29, 1.82) is 0 Å². The number of ether oxygens (including phenoxy) is 1. The van der Waals surface area contributed by atoms with Gasteiger partial charge in [-0.25, -0.2) is 19.3 Å². The first kappa shape index (κ1) is 26.5. The third kappa shape index (κ3) is 5.66. The van der Waals surface area contributed by atoms with E-state index in [9.17, 15) is 4.39 Å².